The van der Waals surface area contributed by atoms with Crippen LogP contribution in [0.4, 0.5) is 0 Å². The fourth-order valence-corrected chi connectivity index (χ4v) is 4.48. The monoisotopic (exact) mass is 378 g/mol. The summed E-state index contributed by atoms with van der Waals surface area (Å²) in [4.78, 5) is 0. The Kier molecular flexibility index (Phi) is 4.16. The average molecular weight is 379 g/mol. The van der Waals surface area contributed by atoms with Gasteiger partial charge in [-0.15, -0.1) is 0 Å². The van der Waals surface area contributed by atoms with Crippen LogP contribution in [0.2, 0.25) is 5.02 Å². The summed E-state index contributed by atoms with van der Waals surface area (Å²) in [6.07, 6.45) is 2.27. The van der Waals surface area contributed by atoms with Gasteiger partial charge in [0.15, 0.2) is 0 Å². The topological polar surface area (TPSA) is 9.86 Å². The number of hydrogen-bond acceptors (Lipinski definition) is 0. The summed E-state index contributed by atoms with van der Waals surface area (Å²) >= 11 is 6.23. The Morgan fingerprint density at radius 1 is 0.926 bits per heavy atom. The van der Waals surface area contributed by atoms with Gasteiger partial charge in [-0.1, -0.05) is 57.5 Å². The standard InChI is InChI=1S/C24H27ClN2/c1-15(2)20-14-26(5)22-12-17(8-10-19(20)22)24(3,4)23-11-16-7-9-18(25)13-21(16)27(23)6/h7-15H,1-6H3. The minimum atomic E-state index is -0.114. The molecule has 0 unspecified atom stereocenters. The van der Waals surface area contributed by atoms with E-state index in [-0.39, 0.29) is 5.41 Å². The van der Waals surface area contributed by atoms with E-state index in [0.717, 1.165) is 5.02 Å². The Morgan fingerprint density at radius 2 is 1.67 bits per heavy atom. The lowest BCUT2D eigenvalue weighted by Crippen LogP contribution is -2.22. The van der Waals surface area contributed by atoms with Gasteiger partial charge in [-0.2, -0.15) is 0 Å². The highest BCUT2D eigenvalue weighted by Gasteiger charge is 2.28. The van der Waals surface area contributed by atoms with Crippen LogP contribution in [-0.2, 0) is 19.5 Å². The van der Waals surface area contributed by atoms with Crippen molar-refractivity contribution >= 4 is 33.4 Å². The molecule has 0 fully saturated rings. The molecule has 0 atom stereocenters. The molecular formula is C24H27ClN2. The normalized spacial score (nSPS) is 12.6. The Morgan fingerprint density at radius 3 is 2.37 bits per heavy atom. The summed E-state index contributed by atoms with van der Waals surface area (Å²) in [5.41, 5.74) is 6.38. The van der Waals surface area contributed by atoms with E-state index in [9.17, 15) is 0 Å². The zero-order valence-corrected chi connectivity index (χ0v) is 17.7. The Balaban J connectivity index is 1.89. The zero-order valence-electron chi connectivity index (χ0n) is 17.0. The van der Waals surface area contributed by atoms with Crippen LogP contribution < -0.4 is 0 Å². The first kappa shape index (κ1) is 18.2. The number of aromatic nitrogens is 2. The van der Waals surface area contributed by atoms with Gasteiger partial charge in [0, 0.05) is 52.8 Å². The van der Waals surface area contributed by atoms with Gasteiger partial charge < -0.3 is 9.13 Å². The lowest BCUT2D eigenvalue weighted by molar-refractivity contribution is 0.590. The molecule has 0 radical (unpaired) electrons. The van der Waals surface area contributed by atoms with E-state index in [2.05, 4.69) is 87.5 Å². The number of rotatable bonds is 3. The average Bonchev–Trinajstić information content (AvgIpc) is 3.13. The lowest BCUT2D eigenvalue weighted by Gasteiger charge is -2.27. The van der Waals surface area contributed by atoms with Crippen LogP contribution in [0, 0.1) is 0 Å². The molecule has 0 amide bonds. The minimum absolute atomic E-state index is 0.114. The summed E-state index contributed by atoms with van der Waals surface area (Å²) in [6.45, 7) is 9.12. The van der Waals surface area contributed by atoms with Gasteiger partial charge in [-0.25, -0.2) is 0 Å². The first-order chi connectivity index (χ1) is 12.7. The van der Waals surface area contributed by atoms with Gasteiger partial charge in [0.1, 0.15) is 0 Å². The number of fused-ring (bicyclic) bond motifs is 2. The highest BCUT2D eigenvalue weighted by Crippen LogP contribution is 2.37. The third kappa shape index (κ3) is 2.78. The van der Waals surface area contributed by atoms with E-state index in [0.29, 0.717) is 5.92 Å². The molecule has 0 saturated carbocycles. The maximum absolute atomic E-state index is 6.23. The van der Waals surface area contributed by atoms with Gasteiger partial charge in [-0.3, -0.25) is 0 Å². The van der Waals surface area contributed by atoms with Crippen LogP contribution in [0.5, 0.6) is 0 Å². The Hall–Kier alpha value is -2.19. The van der Waals surface area contributed by atoms with Crippen LogP contribution in [0.3, 0.4) is 0 Å². The van der Waals surface area contributed by atoms with E-state index < -0.39 is 0 Å². The second kappa shape index (κ2) is 6.17. The molecule has 0 saturated heterocycles. The van der Waals surface area contributed by atoms with Crippen molar-refractivity contribution in [1.29, 1.82) is 0 Å². The highest BCUT2D eigenvalue weighted by atomic mass is 35.5. The fourth-order valence-electron chi connectivity index (χ4n) is 4.31. The maximum atomic E-state index is 6.23. The van der Waals surface area contributed by atoms with Crippen LogP contribution in [-0.4, -0.2) is 9.13 Å². The smallest absolute Gasteiger partial charge is 0.0495 e. The first-order valence-electron chi connectivity index (χ1n) is 9.55. The van der Waals surface area contributed by atoms with Crippen molar-refractivity contribution in [3.05, 3.63) is 70.5 Å². The maximum Gasteiger partial charge on any atom is 0.0495 e. The third-order valence-electron chi connectivity index (χ3n) is 6.01. The van der Waals surface area contributed by atoms with Crippen molar-refractivity contribution < 1.29 is 0 Å². The van der Waals surface area contributed by atoms with Crippen molar-refractivity contribution in [3.63, 3.8) is 0 Å². The largest absolute Gasteiger partial charge is 0.350 e. The molecule has 27 heavy (non-hydrogen) atoms. The summed E-state index contributed by atoms with van der Waals surface area (Å²) in [6, 6.07) is 15.3. The molecular weight excluding hydrogens is 352 g/mol. The Bertz CT molecular complexity index is 1160. The van der Waals surface area contributed by atoms with Crippen LogP contribution in [0.15, 0.2) is 48.7 Å². The first-order valence-corrected chi connectivity index (χ1v) is 9.93. The second-order valence-corrected chi connectivity index (χ2v) is 8.94. The molecule has 2 aromatic carbocycles. The van der Waals surface area contributed by atoms with Crippen molar-refractivity contribution in [3.8, 4) is 0 Å². The van der Waals surface area contributed by atoms with Crippen LogP contribution in [0.1, 0.15) is 50.4 Å². The van der Waals surface area contributed by atoms with Gasteiger partial charge in [0.2, 0.25) is 0 Å². The van der Waals surface area contributed by atoms with E-state index in [4.69, 9.17) is 11.6 Å². The van der Waals surface area contributed by atoms with Gasteiger partial charge in [-0.05, 0) is 46.7 Å². The van der Waals surface area contributed by atoms with Gasteiger partial charge in [0.05, 0.1) is 0 Å². The second-order valence-electron chi connectivity index (χ2n) is 8.50. The van der Waals surface area contributed by atoms with E-state index >= 15 is 0 Å². The SMILES string of the molecule is CC(C)c1cn(C)c2cc(C(C)(C)c3cc4ccc(Cl)cc4n3C)ccc12. The third-order valence-corrected chi connectivity index (χ3v) is 6.25. The molecule has 0 aliphatic carbocycles. The van der Waals surface area contributed by atoms with E-state index in [1.54, 1.807) is 0 Å². The van der Waals surface area contributed by atoms with E-state index in [1.807, 2.05) is 12.1 Å². The molecule has 0 spiro atoms. The van der Waals surface area contributed by atoms with Crippen molar-refractivity contribution in [2.75, 3.05) is 0 Å². The quantitative estimate of drug-likeness (QED) is 0.372. The molecule has 140 valence electrons. The lowest BCUT2D eigenvalue weighted by atomic mass is 9.81. The summed E-state index contributed by atoms with van der Waals surface area (Å²) in [5.74, 6) is 0.524. The number of halogens is 1. The molecule has 2 nitrogen and oxygen atoms in total. The molecule has 2 aromatic heterocycles. The van der Waals surface area contributed by atoms with Crippen LogP contribution >= 0.6 is 11.6 Å². The summed E-state index contributed by atoms with van der Waals surface area (Å²) in [7, 11) is 4.28. The molecule has 0 bridgehead atoms. The molecule has 2 heterocycles. The highest BCUT2D eigenvalue weighted by molar-refractivity contribution is 6.31. The number of hydrogen-bond donors (Lipinski definition) is 0. The Labute approximate surface area is 166 Å². The van der Waals surface area contributed by atoms with Gasteiger partial charge >= 0.3 is 0 Å². The molecule has 0 aliphatic rings. The predicted octanol–water partition coefficient (Wildman–Crippen LogP) is 6.77. The van der Waals surface area contributed by atoms with Crippen molar-refractivity contribution in [2.24, 2.45) is 14.1 Å². The fraction of sp³-hybridized carbons (Fsp3) is 0.333. The molecule has 0 aliphatic heterocycles. The van der Waals surface area contributed by atoms with E-state index in [1.165, 1.54) is 38.6 Å². The summed E-state index contributed by atoms with van der Waals surface area (Å²) < 4.78 is 4.53. The molecule has 3 heteroatoms. The summed E-state index contributed by atoms with van der Waals surface area (Å²) in [5, 5.41) is 3.36. The zero-order chi connectivity index (χ0) is 19.5. The molecule has 4 aromatic rings. The minimum Gasteiger partial charge on any atom is -0.350 e. The number of nitrogens with zero attached hydrogens (tertiary/aromatic N) is 2. The predicted molar refractivity (Wildman–Crippen MR) is 117 cm³/mol. The van der Waals surface area contributed by atoms with Crippen LogP contribution in [0.25, 0.3) is 21.8 Å². The van der Waals surface area contributed by atoms with Crippen molar-refractivity contribution in [1.82, 2.24) is 9.13 Å². The molecule has 4 rings (SSSR count). The van der Waals surface area contributed by atoms with Crippen molar-refractivity contribution in [2.45, 2.75) is 39.0 Å². The number of aryl methyl sites for hydroxylation is 2. The molecule has 0 N–H and O–H groups in total. The number of benzene rings is 2. The van der Waals surface area contributed by atoms with Gasteiger partial charge in [0.25, 0.3) is 0 Å².